The second kappa shape index (κ2) is 12.5. The van der Waals surface area contributed by atoms with Crippen molar-refractivity contribution < 1.29 is 47.2 Å². The highest BCUT2D eigenvalue weighted by Gasteiger charge is 2.25. The molecule has 11 heteroatoms. The fraction of sp³-hybridized carbons (Fsp3) is 0.818. The molecular formula is C11H25NO9P+. The van der Waals surface area contributed by atoms with Crippen LogP contribution in [0.1, 0.15) is 0 Å². The Morgan fingerprint density at radius 2 is 1.68 bits per heavy atom. The van der Waals surface area contributed by atoms with Crippen molar-refractivity contribution in [2.24, 2.45) is 0 Å². The van der Waals surface area contributed by atoms with Gasteiger partial charge in [-0.2, -0.15) is 0 Å². The highest BCUT2D eigenvalue weighted by atomic mass is 31.2. The second-order valence-corrected chi connectivity index (χ2v) is 6.35. The Hall–Kier alpha value is -1.03. The summed E-state index contributed by atoms with van der Waals surface area (Å²) >= 11 is 0. The zero-order chi connectivity index (χ0) is 17.6. The van der Waals surface area contributed by atoms with Gasteiger partial charge in [0.15, 0.2) is 6.10 Å². The van der Waals surface area contributed by atoms with E-state index in [4.69, 9.17) is 9.63 Å². The predicted octanol–water partition coefficient (Wildman–Crippen LogP) is -0.851. The molecule has 0 fully saturated rings. The highest BCUT2D eigenvalue weighted by molar-refractivity contribution is 7.47. The zero-order valence-electron chi connectivity index (χ0n) is 13.2. The van der Waals surface area contributed by atoms with E-state index in [9.17, 15) is 19.0 Å². The Morgan fingerprint density at radius 1 is 1.09 bits per heavy atom. The first-order valence-electron chi connectivity index (χ1n) is 6.21. The van der Waals surface area contributed by atoms with Gasteiger partial charge in [-0.15, -0.1) is 0 Å². The van der Waals surface area contributed by atoms with Gasteiger partial charge in [0, 0.05) is 7.11 Å². The molecule has 0 radical (unpaired) electrons. The van der Waals surface area contributed by atoms with Crippen molar-refractivity contribution in [2.75, 3.05) is 54.6 Å². The number of phosphoric acid groups is 1. The van der Waals surface area contributed by atoms with Gasteiger partial charge in [-0.05, 0) is 0 Å². The standard InChI is InChI=1S/C10H20NO8P.CH4O/c1-11(2,3)4-5-18-20(14,15)19-7-10(17-9-13)6-16-8-12;1-2/h8-10H,4-7H2,1-3H3;2H,1H3/p+1. The van der Waals surface area contributed by atoms with Crippen LogP contribution in [0.15, 0.2) is 0 Å². The lowest BCUT2D eigenvalue weighted by atomic mass is 10.4. The van der Waals surface area contributed by atoms with Gasteiger partial charge in [-0.25, -0.2) is 4.57 Å². The number of aliphatic hydroxyl groups is 1. The number of likely N-dealkylation sites (N-methyl/N-ethyl adjacent to an activating group) is 1. The number of hydrogen-bond donors (Lipinski definition) is 2. The van der Waals surface area contributed by atoms with Crippen molar-refractivity contribution in [3.05, 3.63) is 0 Å². The third kappa shape index (κ3) is 15.4. The lowest BCUT2D eigenvalue weighted by molar-refractivity contribution is -0.870. The average molecular weight is 346 g/mol. The molecule has 0 spiro atoms. The Balaban J connectivity index is 0. The summed E-state index contributed by atoms with van der Waals surface area (Å²) in [7, 11) is 2.46. The van der Waals surface area contributed by atoms with Crippen LogP contribution in [0, 0.1) is 0 Å². The molecule has 0 aliphatic rings. The molecule has 132 valence electrons. The lowest BCUT2D eigenvalue weighted by Gasteiger charge is -2.24. The van der Waals surface area contributed by atoms with Gasteiger partial charge in [-0.1, -0.05) is 0 Å². The molecule has 0 amide bonds. The molecular weight excluding hydrogens is 321 g/mol. The maximum Gasteiger partial charge on any atom is 0.472 e. The third-order valence-corrected chi connectivity index (χ3v) is 3.02. The van der Waals surface area contributed by atoms with Crippen LogP contribution in [0.2, 0.25) is 0 Å². The largest absolute Gasteiger partial charge is 0.472 e. The van der Waals surface area contributed by atoms with Crippen molar-refractivity contribution in [2.45, 2.75) is 6.10 Å². The molecule has 10 nitrogen and oxygen atoms in total. The number of hydrogen-bond acceptors (Lipinski definition) is 8. The number of quaternary nitrogens is 1. The number of phosphoric ester groups is 1. The fourth-order valence-electron chi connectivity index (χ4n) is 0.996. The van der Waals surface area contributed by atoms with Gasteiger partial charge < -0.3 is 24.0 Å². The van der Waals surface area contributed by atoms with Crippen LogP contribution in [0.3, 0.4) is 0 Å². The monoisotopic (exact) mass is 346 g/mol. The molecule has 2 atom stereocenters. The van der Waals surface area contributed by atoms with E-state index in [0.717, 1.165) is 7.11 Å². The molecule has 0 bridgehead atoms. The number of nitrogens with zero attached hydrogens (tertiary/aromatic N) is 1. The van der Waals surface area contributed by atoms with Crippen LogP contribution in [0.5, 0.6) is 0 Å². The SMILES string of the molecule is CO.C[N+](C)(C)CCOP(=O)(O)OCC(COC=O)OC=O. The van der Waals surface area contributed by atoms with Crippen molar-refractivity contribution in [3.63, 3.8) is 0 Å². The molecule has 0 rings (SSSR count). The topological polar surface area (TPSA) is 129 Å². The summed E-state index contributed by atoms with van der Waals surface area (Å²) in [6.07, 6.45) is -0.972. The Labute approximate surface area is 129 Å². The first-order chi connectivity index (χ1) is 10.2. The minimum absolute atomic E-state index is 0.0291. The molecule has 0 saturated heterocycles. The second-order valence-electron chi connectivity index (χ2n) is 4.90. The average Bonchev–Trinajstić information content (AvgIpc) is 2.42. The van der Waals surface area contributed by atoms with Gasteiger partial charge in [0.05, 0.1) is 27.7 Å². The molecule has 2 unspecified atom stereocenters. The summed E-state index contributed by atoms with van der Waals surface area (Å²) in [5.41, 5.74) is 0. The first kappa shape index (κ1) is 23.2. The van der Waals surface area contributed by atoms with E-state index >= 15 is 0 Å². The van der Waals surface area contributed by atoms with E-state index in [1.54, 1.807) is 0 Å². The molecule has 0 saturated carbocycles. The van der Waals surface area contributed by atoms with E-state index in [1.807, 2.05) is 21.1 Å². The summed E-state index contributed by atoms with van der Waals surface area (Å²) in [5.74, 6) is 0. The molecule has 2 N–H and O–H groups in total. The van der Waals surface area contributed by atoms with E-state index in [0.29, 0.717) is 11.0 Å². The quantitative estimate of drug-likeness (QED) is 0.264. The fourth-order valence-corrected chi connectivity index (χ4v) is 1.74. The van der Waals surface area contributed by atoms with Crippen LogP contribution < -0.4 is 0 Å². The van der Waals surface area contributed by atoms with Crippen LogP contribution in [-0.2, 0) is 32.7 Å². The predicted molar refractivity (Wildman–Crippen MR) is 75.7 cm³/mol. The maximum atomic E-state index is 11.5. The highest BCUT2D eigenvalue weighted by Crippen LogP contribution is 2.43. The number of aliphatic hydroxyl groups excluding tert-OH is 1. The first-order valence-corrected chi connectivity index (χ1v) is 7.71. The summed E-state index contributed by atoms with van der Waals surface area (Å²) < 4.78 is 30.4. The van der Waals surface area contributed by atoms with E-state index < -0.39 is 20.5 Å². The maximum absolute atomic E-state index is 11.5. The molecule has 0 aliphatic heterocycles. The number of carbonyl (C=O) groups is 2. The smallest absolute Gasteiger partial charge is 0.464 e. The van der Waals surface area contributed by atoms with E-state index in [1.165, 1.54) is 0 Å². The zero-order valence-corrected chi connectivity index (χ0v) is 14.1. The summed E-state index contributed by atoms with van der Waals surface area (Å²) in [5, 5.41) is 7.00. The summed E-state index contributed by atoms with van der Waals surface area (Å²) in [6.45, 7) is 0.128. The Kier molecular flexibility index (Phi) is 13.2. The number of ether oxygens (including phenoxy) is 2. The van der Waals surface area contributed by atoms with Crippen molar-refractivity contribution in [1.82, 2.24) is 0 Å². The molecule has 22 heavy (non-hydrogen) atoms. The summed E-state index contributed by atoms with van der Waals surface area (Å²) in [6, 6.07) is 0. The minimum atomic E-state index is -4.24. The van der Waals surface area contributed by atoms with Crippen LogP contribution in [-0.4, -0.2) is 88.1 Å². The van der Waals surface area contributed by atoms with E-state index in [2.05, 4.69) is 14.0 Å². The van der Waals surface area contributed by atoms with Crippen LogP contribution >= 0.6 is 7.82 Å². The van der Waals surface area contributed by atoms with Gasteiger partial charge in [0.25, 0.3) is 12.9 Å². The normalized spacial score (nSPS) is 14.8. The molecule has 0 aromatic carbocycles. The Bertz CT molecular complexity index is 345. The molecule has 0 aromatic rings. The molecule has 0 aromatic heterocycles. The number of rotatable bonds is 12. The van der Waals surface area contributed by atoms with Crippen LogP contribution in [0.25, 0.3) is 0 Å². The van der Waals surface area contributed by atoms with Crippen molar-refractivity contribution in [1.29, 1.82) is 0 Å². The molecule has 0 aliphatic carbocycles. The van der Waals surface area contributed by atoms with Gasteiger partial charge in [-0.3, -0.25) is 18.6 Å². The Morgan fingerprint density at radius 3 is 2.14 bits per heavy atom. The van der Waals surface area contributed by atoms with Gasteiger partial charge in [0.2, 0.25) is 0 Å². The van der Waals surface area contributed by atoms with Gasteiger partial charge in [0.1, 0.15) is 19.8 Å². The summed E-state index contributed by atoms with van der Waals surface area (Å²) in [4.78, 5) is 29.6. The van der Waals surface area contributed by atoms with Crippen molar-refractivity contribution in [3.8, 4) is 0 Å². The molecule has 0 heterocycles. The third-order valence-electron chi connectivity index (χ3n) is 2.04. The van der Waals surface area contributed by atoms with Crippen molar-refractivity contribution >= 4 is 20.8 Å². The minimum Gasteiger partial charge on any atom is -0.464 e. The van der Waals surface area contributed by atoms with E-state index in [-0.39, 0.29) is 26.2 Å². The van der Waals surface area contributed by atoms with Crippen LogP contribution in [0.4, 0.5) is 0 Å². The van der Waals surface area contributed by atoms with Gasteiger partial charge >= 0.3 is 7.82 Å². The number of carbonyl (C=O) groups excluding carboxylic acids is 2. The lowest BCUT2D eigenvalue weighted by Crippen LogP contribution is -2.37.